The minimum absolute atomic E-state index is 0.0696. The molecule has 1 saturated carbocycles. The van der Waals surface area contributed by atoms with Gasteiger partial charge in [0.05, 0.1) is 0 Å². The molecule has 1 aliphatic rings. The number of amides is 2. The SMILES string of the molecule is Cc1cc(C(=O)NC2CC2)cc(C)c1Cc1c(Cl)cc(NC(=O)C(=O)O)cc1Cl. The van der Waals surface area contributed by atoms with Gasteiger partial charge in [0.1, 0.15) is 0 Å². The van der Waals surface area contributed by atoms with E-state index in [2.05, 4.69) is 10.6 Å². The summed E-state index contributed by atoms with van der Waals surface area (Å²) in [4.78, 5) is 34.3. The number of aryl methyl sites for hydroxylation is 2. The molecule has 1 fully saturated rings. The van der Waals surface area contributed by atoms with Crippen LogP contribution in [0.2, 0.25) is 10.0 Å². The number of benzene rings is 2. The Morgan fingerprint density at radius 1 is 1.00 bits per heavy atom. The van der Waals surface area contributed by atoms with Gasteiger partial charge in [0.25, 0.3) is 5.91 Å². The van der Waals surface area contributed by atoms with E-state index >= 15 is 0 Å². The van der Waals surface area contributed by atoms with Gasteiger partial charge in [0, 0.05) is 33.8 Å². The molecule has 2 aromatic rings. The van der Waals surface area contributed by atoms with Gasteiger partial charge in [0.15, 0.2) is 0 Å². The van der Waals surface area contributed by atoms with E-state index in [1.807, 2.05) is 26.0 Å². The average molecular weight is 435 g/mol. The Bertz CT molecular complexity index is 970. The third kappa shape index (κ3) is 5.08. The molecule has 6 nitrogen and oxygen atoms in total. The van der Waals surface area contributed by atoms with Gasteiger partial charge in [-0.3, -0.25) is 9.59 Å². The fourth-order valence-electron chi connectivity index (χ4n) is 3.11. The Labute approximate surface area is 178 Å². The smallest absolute Gasteiger partial charge is 0.394 e. The number of nitrogens with one attached hydrogen (secondary N) is 2. The van der Waals surface area contributed by atoms with Crippen molar-refractivity contribution in [2.75, 3.05) is 5.32 Å². The third-order valence-electron chi connectivity index (χ3n) is 4.82. The third-order valence-corrected chi connectivity index (χ3v) is 5.49. The molecule has 1 aliphatic carbocycles. The van der Waals surface area contributed by atoms with E-state index in [0.29, 0.717) is 33.6 Å². The van der Waals surface area contributed by atoms with Gasteiger partial charge in [0.2, 0.25) is 0 Å². The van der Waals surface area contributed by atoms with Crippen LogP contribution in [0, 0.1) is 13.8 Å². The summed E-state index contributed by atoms with van der Waals surface area (Å²) >= 11 is 12.7. The molecule has 2 aromatic carbocycles. The number of carboxylic acids is 1. The molecule has 29 heavy (non-hydrogen) atoms. The van der Waals surface area contributed by atoms with Crippen LogP contribution in [0.1, 0.15) is 45.5 Å². The lowest BCUT2D eigenvalue weighted by Gasteiger charge is -2.15. The van der Waals surface area contributed by atoms with Crippen LogP contribution < -0.4 is 10.6 Å². The van der Waals surface area contributed by atoms with Crippen molar-refractivity contribution in [3.8, 4) is 0 Å². The lowest BCUT2D eigenvalue weighted by Crippen LogP contribution is -2.25. The van der Waals surface area contributed by atoms with Crippen LogP contribution in [0.5, 0.6) is 0 Å². The van der Waals surface area contributed by atoms with Crippen molar-refractivity contribution >= 4 is 46.7 Å². The number of anilines is 1. The first-order chi connectivity index (χ1) is 13.7. The molecular weight excluding hydrogens is 415 g/mol. The zero-order valence-corrected chi connectivity index (χ0v) is 17.4. The second-order valence-electron chi connectivity index (χ2n) is 7.19. The second kappa shape index (κ2) is 8.43. The van der Waals surface area contributed by atoms with Gasteiger partial charge < -0.3 is 15.7 Å². The molecule has 3 N–H and O–H groups in total. The maximum absolute atomic E-state index is 12.3. The first-order valence-corrected chi connectivity index (χ1v) is 9.84. The van der Waals surface area contributed by atoms with E-state index in [1.165, 1.54) is 12.1 Å². The fourth-order valence-corrected chi connectivity index (χ4v) is 3.73. The summed E-state index contributed by atoms with van der Waals surface area (Å²) in [6.07, 6.45) is 2.50. The summed E-state index contributed by atoms with van der Waals surface area (Å²) in [5, 5.41) is 14.5. The molecule has 0 aromatic heterocycles. The molecule has 0 radical (unpaired) electrons. The molecule has 0 atom stereocenters. The summed E-state index contributed by atoms with van der Waals surface area (Å²) in [5.41, 5.74) is 4.38. The predicted octanol–water partition coefficient (Wildman–Crippen LogP) is 4.12. The number of carbonyl (C=O) groups is 3. The summed E-state index contributed by atoms with van der Waals surface area (Å²) in [6, 6.07) is 6.92. The van der Waals surface area contributed by atoms with Crippen LogP contribution in [0.15, 0.2) is 24.3 Å². The van der Waals surface area contributed by atoms with Crippen LogP contribution in [-0.4, -0.2) is 28.9 Å². The van der Waals surface area contributed by atoms with E-state index in [0.717, 1.165) is 29.5 Å². The van der Waals surface area contributed by atoms with E-state index < -0.39 is 11.9 Å². The number of hydrogen-bond acceptors (Lipinski definition) is 3. The standard InChI is InChI=1S/C21H20Cl2N2O4/c1-10-5-12(19(26)24-13-3-4-13)6-11(2)15(10)9-16-17(22)7-14(8-18(16)23)25-20(27)21(28)29/h5-8,13H,3-4,9H2,1-2H3,(H,24,26)(H,25,27)(H,28,29). The summed E-state index contributed by atoms with van der Waals surface area (Å²) in [7, 11) is 0. The predicted molar refractivity (Wildman–Crippen MR) is 112 cm³/mol. The van der Waals surface area contributed by atoms with Crippen molar-refractivity contribution in [2.24, 2.45) is 0 Å². The van der Waals surface area contributed by atoms with Crippen molar-refractivity contribution in [1.82, 2.24) is 5.32 Å². The molecule has 0 spiro atoms. The highest BCUT2D eigenvalue weighted by Gasteiger charge is 2.24. The minimum Gasteiger partial charge on any atom is -0.474 e. The van der Waals surface area contributed by atoms with Gasteiger partial charge in [-0.15, -0.1) is 0 Å². The molecule has 3 rings (SSSR count). The Balaban J connectivity index is 1.84. The summed E-state index contributed by atoms with van der Waals surface area (Å²) < 4.78 is 0. The highest BCUT2D eigenvalue weighted by molar-refractivity contribution is 6.38. The molecule has 8 heteroatoms. The van der Waals surface area contributed by atoms with E-state index in [9.17, 15) is 14.4 Å². The van der Waals surface area contributed by atoms with Crippen LogP contribution in [0.3, 0.4) is 0 Å². The van der Waals surface area contributed by atoms with E-state index in [-0.39, 0.29) is 11.6 Å². The zero-order chi connectivity index (χ0) is 21.3. The Kier molecular flexibility index (Phi) is 6.15. The maximum atomic E-state index is 12.3. The van der Waals surface area contributed by atoms with E-state index in [1.54, 1.807) is 0 Å². The van der Waals surface area contributed by atoms with Crippen molar-refractivity contribution in [2.45, 2.75) is 39.2 Å². The number of hydrogen-bond donors (Lipinski definition) is 3. The van der Waals surface area contributed by atoms with Crippen LogP contribution in [0.4, 0.5) is 5.69 Å². The minimum atomic E-state index is -1.60. The van der Waals surface area contributed by atoms with Crippen LogP contribution in [-0.2, 0) is 16.0 Å². The number of aliphatic carboxylic acids is 1. The van der Waals surface area contributed by atoms with Gasteiger partial charge >= 0.3 is 11.9 Å². The lowest BCUT2D eigenvalue weighted by molar-refractivity contribution is -0.147. The van der Waals surface area contributed by atoms with Crippen molar-refractivity contribution in [3.05, 3.63) is 62.1 Å². The quantitative estimate of drug-likeness (QED) is 0.616. The lowest BCUT2D eigenvalue weighted by atomic mass is 9.93. The Morgan fingerprint density at radius 3 is 2.03 bits per heavy atom. The topological polar surface area (TPSA) is 95.5 Å². The molecule has 0 bridgehead atoms. The maximum Gasteiger partial charge on any atom is 0.394 e. The highest BCUT2D eigenvalue weighted by atomic mass is 35.5. The highest BCUT2D eigenvalue weighted by Crippen LogP contribution is 2.33. The van der Waals surface area contributed by atoms with Gasteiger partial charge in [-0.1, -0.05) is 23.2 Å². The Hall–Kier alpha value is -2.57. The van der Waals surface area contributed by atoms with Gasteiger partial charge in [-0.25, -0.2) is 4.79 Å². The Morgan fingerprint density at radius 2 is 1.55 bits per heavy atom. The summed E-state index contributed by atoms with van der Waals surface area (Å²) in [5.74, 6) is -2.84. The second-order valence-corrected chi connectivity index (χ2v) is 8.01. The first kappa shape index (κ1) is 21.1. The molecule has 0 aliphatic heterocycles. The monoisotopic (exact) mass is 434 g/mol. The average Bonchev–Trinajstić information content (AvgIpc) is 3.43. The molecule has 0 saturated heterocycles. The molecule has 0 heterocycles. The largest absolute Gasteiger partial charge is 0.474 e. The number of carbonyl (C=O) groups excluding carboxylic acids is 2. The van der Waals surface area contributed by atoms with Crippen LogP contribution in [0.25, 0.3) is 0 Å². The molecular formula is C21H20Cl2N2O4. The molecule has 0 unspecified atom stereocenters. The van der Waals surface area contributed by atoms with Crippen LogP contribution >= 0.6 is 23.2 Å². The summed E-state index contributed by atoms with van der Waals surface area (Å²) in [6.45, 7) is 3.86. The van der Waals surface area contributed by atoms with E-state index in [4.69, 9.17) is 28.3 Å². The first-order valence-electron chi connectivity index (χ1n) is 9.09. The number of rotatable bonds is 5. The van der Waals surface area contributed by atoms with Gasteiger partial charge in [-0.05, 0) is 73.2 Å². The van der Waals surface area contributed by atoms with Crippen molar-refractivity contribution in [1.29, 1.82) is 0 Å². The molecule has 2 amide bonds. The number of halogens is 2. The van der Waals surface area contributed by atoms with Crippen molar-refractivity contribution < 1.29 is 19.5 Å². The normalized spacial score (nSPS) is 13.1. The number of carboxylic acid groups (broad SMARTS) is 1. The molecule has 152 valence electrons. The van der Waals surface area contributed by atoms with Gasteiger partial charge in [-0.2, -0.15) is 0 Å². The fraction of sp³-hybridized carbons (Fsp3) is 0.286. The zero-order valence-electron chi connectivity index (χ0n) is 15.9. The van der Waals surface area contributed by atoms with Crippen molar-refractivity contribution in [3.63, 3.8) is 0 Å².